The zero-order chi connectivity index (χ0) is 13.2. The largest absolute Gasteiger partial charge is 0.380 e. The van der Waals surface area contributed by atoms with E-state index in [4.69, 9.17) is 10.5 Å². The Morgan fingerprint density at radius 1 is 1.33 bits per heavy atom. The Labute approximate surface area is 109 Å². The van der Waals surface area contributed by atoms with Crippen LogP contribution in [0.2, 0.25) is 0 Å². The lowest BCUT2D eigenvalue weighted by atomic mass is 10.1. The van der Waals surface area contributed by atoms with Gasteiger partial charge >= 0.3 is 0 Å². The third kappa shape index (κ3) is 5.29. The Hall–Kier alpha value is -1.39. The standard InChI is InChI=1S/C14H22N2O2/c1-2-3-9-18-10-8-16-11-12-6-4-5-7-13(12)14(15)17/h4-7,16H,2-3,8-11H2,1H3,(H2,15,17). The van der Waals surface area contributed by atoms with E-state index >= 15 is 0 Å². The van der Waals surface area contributed by atoms with Crippen molar-refractivity contribution in [3.8, 4) is 0 Å². The van der Waals surface area contributed by atoms with Crippen molar-refractivity contribution in [1.82, 2.24) is 5.32 Å². The van der Waals surface area contributed by atoms with E-state index in [1.165, 1.54) is 0 Å². The highest BCUT2D eigenvalue weighted by molar-refractivity contribution is 5.94. The molecule has 3 N–H and O–H groups in total. The molecule has 0 bridgehead atoms. The highest BCUT2D eigenvalue weighted by Gasteiger charge is 2.05. The molecule has 4 heteroatoms. The number of benzene rings is 1. The fraction of sp³-hybridized carbons (Fsp3) is 0.500. The molecule has 1 rings (SSSR count). The maximum Gasteiger partial charge on any atom is 0.249 e. The summed E-state index contributed by atoms with van der Waals surface area (Å²) in [5.41, 5.74) is 6.82. The molecule has 4 nitrogen and oxygen atoms in total. The van der Waals surface area contributed by atoms with Crippen LogP contribution in [0, 0.1) is 0 Å². The van der Waals surface area contributed by atoms with Crippen molar-refractivity contribution in [1.29, 1.82) is 0 Å². The first kappa shape index (κ1) is 14.7. The first-order valence-electron chi connectivity index (χ1n) is 6.42. The van der Waals surface area contributed by atoms with Crippen molar-refractivity contribution in [2.24, 2.45) is 5.73 Å². The van der Waals surface area contributed by atoms with Gasteiger partial charge in [0.05, 0.1) is 6.61 Å². The number of unbranched alkanes of at least 4 members (excludes halogenated alkanes) is 1. The molecule has 0 spiro atoms. The average molecular weight is 250 g/mol. The fourth-order valence-corrected chi connectivity index (χ4v) is 1.63. The van der Waals surface area contributed by atoms with Gasteiger partial charge in [0.2, 0.25) is 5.91 Å². The Morgan fingerprint density at radius 3 is 2.83 bits per heavy atom. The van der Waals surface area contributed by atoms with Gasteiger partial charge in [0, 0.05) is 25.3 Å². The van der Waals surface area contributed by atoms with Crippen LogP contribution in [0.5, 0.6) is 0 Å². The summed E-state index contributed by atoms with van der Waals surface area (Å²) >= 11 is 0. The van der Waals surface area contributed by atoms with E-state index in [1.807, 2.05) is 18.2 Å². The molecule has 0 aliphatic carbocycles. The van der Waals surface area contributed by atoms with E-state index in [0.29, 0.717) is 18.7 Å². The minimum Gasteiger partial charge on any atom is -0.380 e. The van der Waals surface area contributed by atoms with Crippen molar-refractivity contribution in [2.75, 3.05) is 19.8 Å². The summed E-state index contributed by atoms with van der Waals surface area (Å²) in [6.45, 7) is 5.06. The maximum absolute atomic E-state index is 11.2. The van der Waals surface area contributed by atoms with Crippen molar-refractivity contribution in [2.45, 2.75) is 26.3 Å². The van der Waals surface area contributed by atoms with Gasteiger partial charge in [0.15, 0.2) is 0 Å². The van der Waals surface area contributed by atoms with Crippen LogP contribution < -0.4 is 11.1 Å². The van der Waals surface area contributed by atoms with E-state index < -0.39 is 0 Å². The zero-order valence-corrected chi connectivity index (χ0v) is 10.9. The molecule has 18 heavy (non-hydrogen) atoms. The van der Waals surface area contributed by atoms with Gasteiger partial charge in [-0.2, -0.15) is 0 Å². The third-order valence-electron chi connectivity index (χ3n) is 2.66. The van der Waals surface area contributed by atoms with Crippen molar-refractivity contribution >= 4 is 5.91 Å². The maximum atomic E-state index is 11.2. The number of carbonyl (C=O) groups is 1. The topological polar surface area (TPSA) is 64.3 Å². The van der Waals surface area contributed by atoms with E-state index in [9.17, 15) is 4.79 Å². The number of ether oxygens (including phenoxy) is 1. The summed E-state index contributed by atoms with van der Waals surface area (Å²) in [6.07, 6.45) is 2.25. The van der Waals surface area contributed by atoms with Crippen LogP contribution in [0.1, 0.15) is 35.7 Å². The highest BCUT2D eigenvalue weighted by atomic mass is 16.5. The molecule has 0 aromatic heterocycles. The molecule has 0 fully saturated rings. The number of hydrogen-bond donors (Lipinski definition) is 2. The van der Waals surface area contributed by atoms with E-state index in [2.05, 4.69) is 12.2 Å². The fourth-order valence-electron chi connectivity index (χ4n) is 1.63. The molecule has 1 aromatic rings. The van der Waals surface area contributed by atoms with Crippen molar-refractivity contribution in [3.63, 3.8) is 0 Å². The molecule has 1 aromatic carbocycles. The number of rotatable bonds is 9. The monoisotopic (exact) mass is 250 g/mol. The van der Waals surface area contributed by atoms with Gasteiger partial charge in [-0.3, -0.25) is 4.79 Å². The van der Waals surface area contributed by atoms with Crippen LogP contribution in [0.3, 0.4) is 0 Å². The zero-order valence-electron chi connectivity index (χ0n) is 10.9. The van der Waals surface area contributed by atoms with Crippen LogP contribution in [0.25, 0.3) is 0 Å². The summed E-state index contributed by atoms with van der Waals surface area (Å²) in [5, 5.41) is 3.24. The molecule has 0 saturated carbocycles. The van der Waals surface area contributed by atoms with Gasteiger partial charge in [-0.25, -0.2) is 0 Å². The Bertz CT molecular complexity index is 367. The molecular weight excluding hydrogens is 228 g/mol. The minimum absolute atomic E-state index is 0.383. The van der Waals surface area contributed by atoms with Gasteiger partial charge in [-0.15, -0.1) is 0 Å². The van der Waals surface area contributed by atoms with E-state index in [-0.39, 0.29) is 5.91 Å². The van der Waals surface area contributed by atoms with Crippen LogP contribution in [-0.2, 0) is 11.3 Å². The summed E-state index contributed by atoms with van der Waals surface area (Å²) in [5.74, 6) is -0.383. The van der Waals surface area contributed by atoms with E-state index in [0.717, 1.165) is 31.6 Å². The Kier molecular flexibility index (Phi) is 7.06. The Morgan fingerprint density at radius 2 is 2.11 bits per heavy atom. The number of hydrogen-bond acceptors (Lipinski definition) is 3. The molecule has 0 aliphatic heterocycles. The average Bonchev–Trinajstić information content (AvgIpc) is 2.38. The predicted molar refractivity (Wildman–Crippen MR) is 72.4 cm³/mol. The quantitative estimate of drug-likeness (QED) is 0.656. The van der Waals surface area contributed by atoms with Crippen LogP contribution in [-0.4, -0.2) is 25.7 Å². The van der Waals surface area contributed by atoms with Gasteiger partial charge in [-0.05, 0) is 18.1 Å². The molecule has 0 aliphatic rings. The van der Waals surface area contributed by atoms with Crippen molar-refractivity contribution < 1.29 is 9.53 Å². The Balaban J connectivity index is 2.25. The number of carbonyl (C=O) groups excluding carboxylic acids is 1. The van der Waals surface area contributed by atoms with E-state index in [1.54, 1.807) is 6.07 Å². The van der Waals surface area contributed by atoms with Gasteiger partial charge in [0.1, 0.15) is 0 Å². The predicted octanol–water partition coefficient (Wildman–Crippen LogP) is 1.69. The lowest BCUT2D eigenvalue weighted by Crippen LogP contribution is -2.22. The molecular formula is C14H22N2O2. The second-order valence-corrected chi connectivity index (χ2v) is 4.16. The second-order valence-electron chi connectivity index (χ2n) is 4.16. The molecule has 100 valence electrons. The normalized spacial score (nSPS) is 10.5. The third-order valence-corrected chi connectivity index (χ3v) is 2.66. The first-order valence-corrected chi connectivity index (χ1v) is 6.42. The van der Waals surface area contributed by atoms with Crippen LogP contribution in [0.15, 0.2) is 24.3 Å². The number of nitrogens with one attached hydrogen (secondary N) is 1. The number of amides is 1. The minimum atomic E-state index is -0.383. The van der Waals surface area contributed by atoms with Gasteiger partial charge in [-0.1, -0.05) is 31.5 Å². The summed E-state index contributed by atoms with van der Waals surface area (Å²) in [4.78, 5) is 11.2. The molecule has 0 heterocycles. The SMILES string of the molecule is CCCCOCCNCc1ccccc1C(N)=O. The first-order chi connectivity index (χ1) is 8.75. The second kappa shape index (κ2) is 8.66. The molecule has 1 amide bonds. The molecule has 0 saturated heterocycles. The smallest absolute Gasteiger partial charge is 0.249 e. The van der Waals surface area contributed by atoms with Gasteiger partial charge < -0.3 is 15.8 Å². The van der Waals surface area contributed by atoms with Crippen LogP contribution >= 0.6 is 0 Å². The van der Waals surface area contributed by atoms with Gasteiger partial charge in [0.25, 0.3) is 0 Å². The summed E-state index contributed by atoms with van der Waals surface area (Å²) in [6, 6.07) is 7.38. The highest BCUT2D eigenvalue weighted by Crippen LogP contribution is 2.07. The number of primary amides is 1. The summed E-state index contributed by atoms with van der Waals surface area (Å²) < 4.78 is 5.44. The molecule has 0 unspecified atom stereocenters. The number of nitrogens with two attached hydrogens (primary N) is 1. The summed E-state index contributed by atoms with van der Waals surface area (Å²) in [7, 11) is 0. The van der Waals surface area contributed by atoms with Crippen LogP contribution in [0.4, 0.5) is 0 Å². The molecule has 0 atom stereocenters. The van der Waals surface area contributed by atoms with Crippen molar-refractivity contribution in [3.05, 3.63) is 35.4 Å². The lowest BCUT2D eigenvalue weighted by Gasteiger charge is -2.08. The molecule has 0 radical (unpaired) electrons. The lowest BCUT2D eigenvalue weighted by molar-refractivity contribution is 0.0999.